The monoisotopic (exact) mass is 551 g/mol. The van der Waals surface area contributed by atoms with Crippen molar-refractivity contribution in [2.24, 2.45) is 17.8 Å². The molecule has 1 aromatic rings. The van der Waals surface area contributed by atoms with Crippen LogP contribution in [0.2, 0.25) is 0 Å². The summed E-state index contributed by atoms with van der Waals surface area (Å²) >= 11 is 1.34. The number of carboxylic acids is 1. The van der Waals surface area contributed by atoms with E-state index in [-0.39, 0.29) is 60.4 Å². The van der Waals surface area contributed by atoms with Crippen molar-refractivity contribution in [1.29, 1.82) is 0 Å². The molecule has 1 aliphatic heterocycles. The van der Waals surface area contributed by atoms with Gasteiger partial charge in [-0.2, -0.15) is 0 Å². The maximum absolute atomic E-state index is 14.3. The highest BCUT2D eigenvalue weighted by molar-refractivity contribution is 7.09. The Balaban J connectivity index is 2.32. The highest BCUT2D eigenvalue weighted by Gasteiger charge is 2.38. The lowest BCUT2D eigenvalue weighted by Gasteiger charge is -2.39. The number of likely N-dealkylation sites (tertiary alicyclic amines) is 1. The molecule has 8 nitrogen and oxygen atoms in total. The fraction of sp³-hybridized carbons (Fsp3) is 0.793. The number of carboxylic acid groups (broad SMARTS) is 1. The lowest BCUT2D eigenvalue weighted by Crippen LogP contribution is -2.50. The first kappa shape index (κ1) is 32.4. The number of ether oxygens (including phenoxy) is 1. The number of rotatable bonds is 16. The topological polar surface area (TPSA) is 100 Å². The van der Waals surface area contributed by atoms with Crippen molar-refractivity contribution in [1.82, 2.24) is 14.8 Å². The van der Waals surface area contributed by atoms with Crippen LogP contribution < -0.4 is 0 Å². The molecule has 0 bridgehead atoms. The Morgan fingerprint density at radius 3 is 2.47 bits per heavy atom. The van der Waals surface area contributed by atoms with Crippen molar-refractivity contribution in [2.45, 2.75) is 104 Å². The van der Waals surface area contributed by atoms with E-state index < -0.39 is 11.9 Å². The Morgan fingerprint density at radius 2 is 1.92 bits per heavy atom. The minimum Gasteiger partial charge on any atom is -0.476 e. The molecule has 2 rings (SSSR count). The molecule has 1 fully saturated rings. The molecule has 1 aromatic heterocycles. The van der Waals surface area contributed by atoms with Crippen LogP contribution in [-0.4, -0.2) is 76.6 Å². The molecular formula is C29H49N3O5S. The van der Waals surface area contributed by atoms with Gasteiger partial charge >= 0.3 is 5.97 Å². The molecule has 0 saturated carbocycles. The second kappa shape index (κ2) is 15.7. The zero-order valence-corrected chi connectivity index (χ0v) is 25.3. The summed E-state index contributed by atoms with van der Waals surface area (Å²) in [6.07, 6.45) is 5.57. The Bertz CT molecular complexity index is 905. The minimum atomic E-state index is -1.03. The first-order valence-corrected chi connectivity index (χ1v) is 15.2. The molecule has 5 atom stereocenters. The van der Waals surface area contributed by atoms with Crippen LogP contribution in [0.5, 0.6) is 0 Å². The third kappa shape index (κ3) is 8.85. The number of hydrogen-bond donors (Lipinski definition) is 1. The van der Waals surface area contributed by atoms with E-state index in [9.17, 15) is 19.5 Å². The highest BCUT2D eigenvalue weighted by atomic mass is 32.1. The van der Waals surface area contributed by atoms with E-state index in [1.807, 2.05) is 25.8 Å². The number of hydrogen-bond acceptors (Lipinski definition) is 7. The highest BCUT2D eigenvalue weighted by Crippen LogP contribution is 2.32. The third-order valence-corrected chi connectivity index (χ3v) is 9.08. The molecule has 1 amide bonds. The van der Waals surface area contributed by atoms with Gasteiger partial charge in [0.1, 0.15) is 6.73 Å². The number of aromatic nitrogens is 1. The number of carbonyl (C=O) groups is 3. The molecule has 38 heavy (non-hydrogen) atoms. The maximum Gasteiger partial charge on any atom is 0.355 e. The Morgan fingerprint density at radius 1 is 1.21 bits per heavy atom. The zero-order chi connectivity index (χ0) is 28.4. The largest absolute Gasteiger partial charge is 0.476 e. The van der Waals surface area contributed by atoms with E-state index >= 15 is 0 Å². The van der Waals surface area contributed by atoms with Gasteiger partial charge in [0.15, 0.2) is 11.5 Å². The van der Waals surface area contributed by atoms with Gasteiger partial charge in [0.2, 0.25) is 5.91 Å². The van der Waals surface area contributed by atoms with Gasteiger partial charge in [0.25, 0.3) is 0 Å². The summed E-state index contributed by atoms with van der Waals surface area (Å²) in [5.41, 5.74) is 0.0557. The van der Waals surface area contributed by atoms with Crippen LogP contribution in [0.4, 0.5) is 0 Å². The molecule has 0 aromatic carbocycles. The van der Waals surface area contributed by atoms with Gasteiger partial charge in [-0.3, -0.25) is 14.5 Å². The second-order valence-electron chi connectivity index (χ2n) is 11.3. The summed E-state index contributed by atoms with van der Waals surface area (Å²) in [5, 5.41) is 11.6. The molecule has 0 spiro atoms. The van der Waals surface area contributed by atoms with Gasteiger partial charge < -0.3 is 14.7 Å². The Labute approximate surface area is 233 Å². The normalized spacial score (nSPS) is 19.6. The second-order valence-corrected chi connectivity index (χ2v) is 12.2. The molecule has 2 heterocycles. The van der Waals surface area contributed by atoms with E-state index in [0.29, 0.717) is 13.0 Å². The smallest absolute Gasteiger partial charge is 0.355 e. The molecule has 1 N–H and O–H groups in total. The van der Waals surface area contributed by atoms with Crippen LogP contribution in [0.15, 0.2) is 5.38 Å². The molecule has 0 radical (unpaired) electrons. The number of ketones is 1. The summed E-state index contributed by atoms with van der Waals surface area (Å²) < 4.78 is 5.94. The van der Waals surface area contributed by atoms with Crippen LogP contribution in [-0.2, 0) is 14.3 Å². The van der Waals surface area contributed by atoms with E-state index in [2.05, 4.69) is 37.6 Å². The Hall–Kier alpha value is -1.84. The van der Waals surface area contributed by atoms with Gasteiger partial charge in [-0.15, -0.1) is 11.3 Å². The minimum absolute atomic E-state index is 0.0153. The lowest BCUT2D eigenvalue weighted by atomic mass is 9.82. The average Bonchev–Trinajstić information content (AvgIpc) is 3.39. The predicted molar refractivity (Wildman–Crippen MR) is 152 cm³/mol. The number of amides is 1. The molecule has 1 saturated heterocycles. The van der Waals surface area contributed by atoms with Crippen molar-refractivity contribution in [3.05, 3.63) is 16.1 Å². The fourth-order valence-electron chi connectivity index (χ4n) is 5.33. The average molecular weight is 552 g/mol. The first-order valence-electron chi connectivity index (χ1n) is 14.3. The number of likely N-dealkylation sites (N-methyl/N-ethyl adjacent to an activating group) is 1. The standard InChI is InChI=1S/C29H49N3O5S/c1-8-14-37-18-32(25(19(3)4)15-21(6)27-30-23(17-38-27)29(35)36)28(34)22(20(5)9-2)16-26(33)24-12-10-11-13-31(24)7/h17,19-22,24-25H,8-16,18H2,1-7H3,(H,35,36)/t20?,21-,22+,24-,25-/m1/s1. The van der Waals surface area contributed by atoms with Crippen LogP contribution in [0, 0.1) is 17.8 Å². The number of piperidine rings is 1. The van der Waals surface area contributed by atoms with Gasteiger partial charge in [-0.1, -0.05) is 54.4 Å². The van der Waals surface area contributed by atoms with Gasteiger partial charge in [0.05, 0.1) is 11.0 Å². The molecule has 1 unspecified atom stereocenters. The van der Waals surface area contributed by atoms with Crippen molar-refractivity contribution >= 4 is 29.0 Å². The summed E-state index contributed by atoms with van der Waals surface area (Å²) in [6.45, 7) is 14.1. The summed E-state index contributed by atoms with van der Waals surface area (Å²) in [7, 11) is 2.01. The van der Waals surface area contributed by atoms with Crippen LogP contribution in [0.3, 0.4) is 0 Å². The van der Waals surface area contributed by atoms with E-state index in [1.54, 1.807) is 5.38 Å². The van der Waals surface area contributed by atoms with Crippen molar-refractivity contribution in [3.8, 4) is 0 Å². The Kier molecular flexibility index (Phi) is 13.4. The van der Waals surface area contributed by atoms with Gasteiger partial charge in [-0.25, -0.2) is 9.78 Å². The number of carbonyl (C=O) groups excluding carboxylic acids is 2. The molecule has 1 aliphatic rings. The van der Waals surface area contributed by atoms with Crippen molar-refractivity contribution in [2.75, 3.05) is 26.9 Å². The number of Topliss-reactive ketones (excluding diaryl/α,β-unsaturated/α-hetero) is 1. The summed E-state index contributed by atoms with van der Waals surface area (Å²) in [4.78, 5) is 47.4. The number of thiazole rings is 1. The van der Waals surface area contributed by atoms with Crippen LogP contribution in [0.25, 0.3) is 0 Å². The quantitative estimate of drug-likeness (QED) is 0.208. The van der Waals surface area contributed by atoms with Crippen molar-refractivity contribution < 1.29 is 24.2 Å². The number of nitrogens with zero attached hydrogens (tertiary/aromatic N) is 3. The lowest BCUT2D eigenvalue weighted by molar-refractivity contribution is -0.150. The van der Waals surface area contributed by atoms with Crippen LogP contribution in [0.1, 0.15) is 108 Å². The SMILES string of the molecule is CCCOCN(C(=O)[C@@H](CC(=O)[C@H]1CCCCN1C)C(C)CC)[C@H](C[C@@H](C)c1nc(C(=O)O)cs1)C(C)C. The van der Waals surface area contributed by atoms with E-state index in [4.69, 9.17) is 4.74 Å². The summed E-state index contributed by atoms with van der Waals surface area (Å²) in [6, 6.07) is -0.243. The van der Waals surface area contributed by atoms with Gasteiger partial charge in [0, 0.05) is 36.3 Å². The maximum atomic E-state index is 14.3. The predicted octanol–water partition coefficient (Wildman–Crippen LogP) is 5.68. The van der Waals surface area contributed by atoms with Crippen molar-refractivity contribution in [3.63, 3.8) is 0 Å². The summed E-state index contributed by atoms with van der Waals surface area (Å²) in [5.74, 6) is -1.10. The van der Waals surface area contributed by atoms with E-state index in [0.717, 1.165) is 43.7 Å². The van der Waals surface area contributed by atoms with Gasteiger partial charge in [-0.05, 0) is 51.1 Å². The van der Waals surface area contributed by atoms with Crippen LogP contribution >= 0.6 is 11.3 Å². The molecule has 9 heteroatoms. The zero-order valence-electron chi connectivity index (χ0n) is 24.4. The fourth-order valence-corrected chi connectivity index (χ4v) is 6.19. The molecule has 0 aliphatic carbocycles. The molecule has 216 valence electrons. The molecular weight excluding hydrogens is 502 g/mol. The third-order valence-electron chi connectivity index (χ3n) is 8.00. The number of aromatic carboxylic acids is 1. The first-order chi connectivity index (χ1) is 18.0. The van der Waals surface area contributed by atoms with E-state index in [1.165, 1.54) is 11.3 Å².